The maximum Gasteiger partial charge on any atom is 0.145 e. The van der Waals surface area contributed by atoms with Crippen molar-refractivity contribution in [2.75, 3.05) is 0 Å². The lowest BCUT2D eigenvalue weighted by Gasteiger charge is -2.16. The van der Waals surface area contributed by atoms with Gasteiger partial charge in [0.1, 0.15) is 11.2 Å². The third-order valence-electron chi connectivity index (χ3n) is 9.56. The number of nitrogens with zero attached hydrogens (tertiary/aromatic N) is 3. The molecule has 3 heterocycles. The number of rotatable bonds is 3. The van der Waals surface area contributed by atoms with Gasteiger partial charge in [0.25, 0.3) is 0 Å². The standard InChI is InChI=1S/C43H25N3O/c44-26-28-11-10-19-37(46-35-17-7-4-14-30(35)31-15-5-8-18-36(31)46)41(28)27-21-22-34-39(25-27)45(29-12-2-1-3-13-29)38-24-23-33-32-16-6-9-20-40(32)47-43(33)42(34)38/h1-25H. The Hall–Kier alpha value is -6.57. The van der Waals surface area contributed by atoms with Gasteiger partial charge in [-0.1, -0.05) is 91.0 Å². The van der Waals surface area contributed by atoms with Crippen molar-refractivity contribution in [1.29, 1.82) is 5.26 Å². The van der Waals surface area contributed by atoms with Crippen molar-refractivity contribution in [2.45, 2.75) is 0 Å². The number of aromatic nitrogens is 2. The summed E-state index contributed by atoms with van der Waals surface area (Å²) >= 11 is 0. The molecule has 10 rings (SSSR count). The average molecular weight is 600 g/mol. The predicted octanol–water partition coefficient (Wildman–Crippen LogP) is 11.3. The molecular weight excluding hydrogens is 574 g/mol. The second kappa shape index (κ2) is 9.71. The average Bonchev–Trinajstić information content (AvgIpc) is 3.79. The van der Waals surface area contributed by atoms with Crippen molar-refractivity contribution >= 4 is 65.6 Å². The quantitative estimate of drug-likeness (QED) is 0.203. The van der Waals surface area contributed by atoms with Gasteiger partial charge < -0.3 is 13.6 Å². The van der Waals surface area contributed by atoms with Crippen molar-refractivity contribution in [1.82, 2.24) is 9.13 Å². The molecule has 0 spiro atoms. The molecule has 0 N–H and O–H groups in total. The van der Waals surface area contributed by atoms with Gasteiger partial charge >= 0.3 is 0 Å². The van der Waals surface area contributed by atoms with Crippen molar-refractivity contribution in [3.05, 3.63) is 157 Å². The second-order valence-corrected chi connectivity index (χ2v) is 12.0. The van der Waals surface area contributed by atoms with Crippen molar-refractivity contribution < 1.29 is 4.42 Å². The minimum atomic E-state index is 0.630. The second-order valence-electron chi connectivity index (χ2n) is 12.0. The van der Waals surface area contributed by atoms with E-state index < -0.39 is 0 Å². The molecule has 3 aromatic heterocycles. The van der Waals surface area contributed by atoms with Gasteiger partial charge in [-0.2, -0.15) is 5.26 Å². The van der Waals surface area contributed by atoms with Gasteiger partial charge in [0.05, 0.1) is 44.8 Å². The van der Waals surface area contributed by atoms with E-state index in [4.69, 9.17) is 4.42 Å². The summed E-state index contributed by atoms with van der Waals surface area (Å²) in [6.45, 7) is 0. The molecule has 0 aliphatic carbocycles. The Balaban J connectivity index is 1.32. The molecule has 0 aliphatic heterocycles. The number of fused-ring (bicyclic) bond motifs is 10. The fourth-order valence-corrected chi connectivity index (χ4v) is 7.60. The Labute approximate surface area is 269 Å². The van der Waals surface area contributed by atoms with E-state index in [1.54, 1.807) is 0 Å². The highest BCUT2D eigenvalue weighted by molar-refractivity contribution is 6.24. The number of nitriles is 1. The SMILES string of the molecule is N#Cc1cccc(-n2c3ccccc3c3ccccc32)c1-c1ccc2c3c4oc5ccccc5c4ccc3n(-c3ccccc3)c2c1. The summed E-state index contributed by atoms with van der Waals surface area (Å²) in [7, 11) is 0. The summed E-state index contributed by atoms with van der Waals surface area (Å²) in [6.07, 6.45) is 0. The molecule has 0 bridgehead atoms. The molecule has 0 unspecified atom stereocenters. The highest BCUT2D eigenvalue weighted by Gasteiger charge is 2.22. The first-order valence-corrected chi connectivity index (χ1v) is 15.8. The van der Waals surface area contributed by atoms with E-state index in [-0.39, 0.29) is 0 Å². The maximum atomic E-state index is 10.5. The molecule has 47 heavy (non-hydrogen) atoms. The van der Waals surface area contributed by atoms with Crippen LogP contribution in [0.2, 0.25) is 0 Å². The highest BCUT2D eigenvalue weighted by Crippen LogP contribution is 2.43. The maximum absolute atomic E-state index is 10.5. The van der Waals surface area contributed by atoms with Gasteiger partial charge in [-0.15, -0.1) is 0 Å². The topological polar surface area (TPSA) is 46.8 Å². The fraction of sp³-hybridized carbons (Fsp3) is 0. The Morgan fingerprint density at radius 1 is 0.489 bits per heavy atom. The van der Waals surface area contributed by atoms with Crippen LogP contribution in [0.15, 0.2) is 156 Å². The Morgan fingerprint density at radius 3 is 1.94 bits per heavy atom. The van der Waals surface area contributed by atoms with E-state index >= 15 is 0 Å². The molecule has 0 radical (unpaired) electrons. The van der Waals surface area contributed by atoms with Gasteiger partial charge in [0, 0.05) is 38.2 Å². The molecule has 0 fully saturated rings. The number of furan rings is 1. The van der Waals surface area contributed by atoms with E-state index in [2.05, 4.69) is 137 Å². The van der Waals surface area contributed by atoms with E-state index in [0.29, 0.717) is 5.56 Å². The van der Waals surface area contributed by atoms with Gasteiger partial charge in [-0.3, -0.25) is 0 Å². The largest absolute Gasteiger partial charge is 0.455 e. The van der Waals surface area contributed by atoms with Crippen molar-refractivity contribution in [3.63, 3.8) is 0 Å². The van der Waals surface area contributed by atoms with Crippen molar-refractivity contribution in [3.8, 4) is 28.6 Å². The van der Waals surface area contributed by atoms with E-state index in [1.807, 2.05) is 30.3 Å². The summed E-state index contributed by atoms with van der Waals surface area (Å²) in [6, 6.07) is 55.2. The highest BCUT2D eigenvalue weighted by atomic mass is 16.3. The Bertz CT molecular complexity index is 2860. The molecule has 10 aromatic rings. The summed E-state index contributed by atoms with van der Waals surface area (Å²) in [5.74, 6) is 0. The monoisotopic (exact) mass is 599 g/mol. The number of hydrogen-bond acceptors (Lipinski definition) is 2. The fourth-order valence-electron chi connectivity index (χ4n) is 7.60. The van der Waals surface area contributed by atoms with Crippen LogP contribution in [0.4, 0.5) is 0 Å². The molecular formula is C43H25N3O. The first-order chi connectivity index (χ1) is 23.3. The van der Waals surface area contributed by atoms with Crippen LogP contribution in [0.25, 0.3) is 88.1 Å². The van der Waals surface area contributed by atoms with Crippen LogP contribution in [0.5, 0.6) is 0 Å². The molecule has 4 nitrogen and oxygen atoms in total. The van der Waals surface area contributed by atoms with Crippen molar-refractivity contribution in [2.24, 2.45) is 0 Å². The summed E-state index contributed by atoms with van der Waals surface area (Å²) in [5, 5.41) is 17.3. The van der Waals surface area contributed by atoms with Crippen LogP contribution in [0.1, 0.15) is 5.56 Å². The third-order valence-corrected chi connectivity index (χ3v) is 9.56. The number of benzene rings is 7. The lowest BCUT2D eigenvalue weighted by atomic mass is 9.96. The van der Waals surface area contributed by atoms with E-state index in [0.717, 1.165) is 77.3 Å². The van der Waals surface area contributed by atoms with Crippen LogP contribution in [0.3, 0.4) is 0 Å². The van der Waals surface area contributed by atoms with Crippen LogP contribution < -0.4 is 0 Å². The molecule has 4 heteroatoms. The molecule has 0 saturated carbocycles. The first kappa shape index (κ1) is 25.7. The van der Waals surface area contributed by atoms with Gasteiger partial charge in [-0.25, -0.2) is 0 Å². The van der Waals surface area contributed by atoms with Crippen LogP contribution in [-0.4, -0.2) is 9.13 Å². The van der Waals surface area contributed by atoms with Crippen LogP contribution >= 0.6 is 0 Å². The zero-order valence-corrected chi connectivity index (χ0v) is 25.2. The Morgan fingerprint density at radius 2 is 1.17 bits per heavy atom. The van der Waals surface area contributed by atoms with Gasteiger partial charge in [0.15, 0.2) is 0 Å². The molecule has 0 aliphatic rings. The number of para-hydroxylation sites is 4. The third kappa shape index (κ3) is 3.57. The van der Waals surface area contributed by atoms with E-state index in [1.165, 1.54) is 10.8 Å². The molecule has 218 valence electrons. The zero-order valence-electron chi connectivity index (χ0n) is 25.2. The minimum absolute atomic E-state index is 0.630. The summed E-state index contributed by atoms with van der Waals surface area (Å²) in [5.41, 5.74) is 10.7. The molecule has 0 saturated heterocycles. The lowest BCUT2D eigenvalue weighted by Crippen LogP contribution is -2.00. The van der Waals surface area contributed by atoms with Crippen LogP contribution in [-0.2, 0) is 0 Å². The van der Waals surface area contributed by atoms with Gasteiger partial charge in [-0.05, 0) is 66.2 Å². The molecule has 7 aromatic carbocycles. The molecule has 0 amide bonds. The minimum Gasteiger partial charge on any atom is -0.455 e. The van der Waals surface area contributed by atoms with Crippen LogP contribution in [0, 0.1) is 11.3 Å². The number of hydrogen-bond donors (Lipinski definition) is 0. The summed E-state index contributed by atoms with van der Waals surface area (Å²) < 4.78 is 11.2. The smallest absolute Gasteiger partial charge is 0.145 e. The van der Waals surface area contributed by atoms with Gasteiger partial charge in [0.2, 0.25) is 0 Å². The zero-order chi connectivity index (χ0) is 31.1. The molecule has 0 atom stereocenters. The normalized spacial score (nSPS) is 11.8. The van der Waals surface area contributed by atoms with E-state index in [9.17, 15) is 5.26 Å². The first-order valence-electron chi connectivity index (χ1n) is 15.8. The summed E-state index contributed by atoms with van der Waals surface area (Å²) in [4.78, 5) is 0. The predicted molar refractivity (Wildman–Crippen MR) is 193 cm³/mol. The Kier molecular flexibility index (Phi) is 5.32. The lowest BCUT2D eigenvalue weighted by molar-refractivity contribution is 0.673.